The summed E-state index contributed by atoms with van der Waals surface area (Å²) in [6, 6.07) is 9.49. The molecule has 5 heteroatoms. The third-order valence-electron chi connectivity index (χ3n) is 5.68. The Balaban J connectivity index is 1.57. The lowest BCUT2D eigenvalue weighted by Crippen LogP contribution is -2.52. The Morgan fingerprint density at radius 2 is 2.00 bits per heavy atom. The molecule has 134 valence electrons. The van der Waals surface area contributed by atoms with Crippen LogP contribution < -0.4 is 0 Å². The van der Waals surface area contributed by atoms with E-state index in [0.29, 0.717) is 18.0 Å². The predicted molar refractivity (Wildman–Crippen MR) is 104 cm³/mol. The molecule has 0 radical (unpaired) electrons. The maximum absolute atomic E-state index is 5.65. The maximum Gasteiger partial charge on any atom is 0.111 e. The van der Waals surface area contributed by atoms with Gasteiger partial charge in [-0.05, 0) is 37.5 Å². The van der Waals surface area contributed by atoms with Crippen molar-refractivity contribution < 1.29 is 4.74 Å². The number of nitrogens with zero attached hydrogens (tertiary/aromatic N) is 2. The zero-order valence-corrected chi connectivity index (χ0v) is 16.3. The lowest BCUT2D eigenvalue weighted by atomic mass is 9.82. The van der Waals surface area contributed by atoms with Crippen molar-refractivity contribution >= 4 is 15.9 Å². The first kappa shape index (κ1) is 17.3. The van der Waals surface area contributed by atoms with E-state index in [4.69, 9.17) is 9.72 Å². The Hall–Kier alpha value is -1.17. The van der Waals surface area contributed by atoms with Crippen LogP contribution in [-0.2, 0) is 4.74 Å². The van der Waals surface area contributed by atoms with E-state index < -0.39 is 0 Å². The smallest absolute Gasteiger partial charge is 0.111 e. The van der Waals surface area contributed by atoms with Crippen molar-refractivity contribution in [2.24, 2.45) is 0 Å². The lowest BCUT2D eigenvalue weighted by molar-refractivity contribution is -0.0348. The fourth-order valence-electron chi connectivity index (χ4n) is 4.36. The van der Waals surface area contributed by atoms with Crippen LogP contribution in [0.5, 0.6) is 0 Å². The number of H-pyrrole nitrogens is 1. The number of aromatic amines is 1. The van der Waals surface area contributed by atoms with E-state index in [1.807, 2.05) is 6.20 Å². The number of hydrogen-bond acceptors (Lipinski definition) is 3. The fourth-order valence-corrected chi connectivity index (χ4v) is 4.63. The van der Waals surface area contributed by atoms with E-state index in [2.05, 4.69) is 57.0 Å². The van der Waals surface area contributed by atoms with E-state index in [-0.39, 0.29) is 0 Å². The van der Waals surface area contributed by atoms with E-state index in [1.165, 1.54) is 31.2 Å². The number of imidazole rings is 1. The van der Waals surface area contributed by atoms with Crippen LogP contribution in [0.15, 0.2) is 34.9 Å². The molecule has 2 heterocycles. The number of nitrogens with one attached hydrogen (secondary N) is 1. The molecule has 1 saturated heterocycles. The zero-order valence-electron chi connectivity index (χ0n) is 14.7. The molecule has 2 fully saturated rings. The van der Waals surface area contributed by atoms with Gasteiger partial charge >= 0.3 is 0 Å². The van der Waals surface area contributed by atoms with Gasteiger partial charge < -0.3 is 9.72 Å². The van der Waals surface area contributed by atoms with Crippen LogP contribution in [0.3, 0.4) is 0 Å². The second-order valence-electron chi connectivity index (χ2n) is 7.31. The van der Waals surface area contributed by atoms with E-state index >= 15 is 0 Å². The third-order valence-corrected chi connectivity index (χ3v) is 6.21. The van der Waals surface area contributed by atoms with Gasteiger partial charge in [0.2, 0.25) is 0 Å². The van der Waals surface area contributed by atoms with Crippen molar-refractivity contribution in [1.82, 2.24) is 14.9 Å². The number of aromatic nitrogens is 2. The summed E-state index contributed by atoms with van der Waals surface area (Å²) in [5, 5.41) is 0. The molecule has 0 unspecified atom stereocenters. The minimum Gasteiger partial charge on any atom is -0.379 e. The van der Waals surface area contributed by atoms with Gasteiger partial charge in [0.25, 0.3) is 0 Å². The number of morpholine rings is 1. The van der Waals surface area contributed by atoms with Crippen LogP contribution in [0.25, 0.3) is 11.3 Å². The predicted octanol–water partition coefficient (Wildman–Crippen LogP) is 4.59. The highest BCUT2D eigenvalue weighted by Gasteiger charge is 2.36. The molecule has 2 aromatic rings. The normalized spacial score (nSPS) is 28.2. The number of rotatable bonds is 3. The second kappa shape index (κ2) is 7.60. The molecule has 3 atom stereocenters. The molecule has 0 bridgehead atoms. The van der Waals surface area contributed by atoms with Crippen molar-refractivity contribution in [1.29, 1.82) is 0 Å². The van der Waals surface area contributed by atoms with Gasteiger partial charge in [-0.1, -0.05) is 40.9 Å². The molecule has 1 aromatic heterocycles. The highest BCUT2D eigenvalue weighted by Crippen LogP contribution is 2.37. The van der Waals surface area contributed by atoms with Crippen molar-refractivity contribution in [3.05, 3.63) is 40.8 Å². The van der Waals surface area contributed by atoms with Gasteiger partial charge in [0.05, 0.1) is 25.1 Å². The second-order valence-corrected chi connectivity index (χ2v) is 8.22. The molecular weight excluding hydrogens is 378 g/mol. The van der Waals surface area contributed by atoms with E-state index in [1.54, 1.807) is 0 Å². The Morgan fingerprint density at radius 3 is 2.80 bits per heavy atom. The van der Waals surface area contributed by atoms with Crippen LogP contribution in [0.4, 0.5) is 0 Å². The molecular formula is C20H26BrN3O. The molecule has 2 aliphatic rings. The molecule has 1 aliphatic heterocycles. The minimum atomic E-state index is 0.499. The number of benzene rings is 1. The lowest BCUT2D eigenvalue weighted by Gasteiger charge is -2.44. The molecule has 4 rings (SSSR count). The summed E-state index contributed by atoms with van der Waals surface area (Å²) in [4.78, 5) is 11.1. The first-order chi connectivity index (χ1) is 12.2. The highest BCUT2D eigenvalue weighted by molar-refractivity contribution is 9.10. The van der Waals surface area contributed by atoms with Crippen LogP contribution >= 0.6 is 15.9 Å². The number of hydrogen-bond donors (Lipinski definition) is 1. The first-order valence-electron chi connectivity index (χ1n) is 9.36. The van der Waals surface area contributed by atoms with Gasteiger partial charge in [0.1, 0.15) is 5.82 Å². The Labute approximate surface area is 158 Å². The largest absolute Gasteiger partial charge is 0.379 e. The van der Waals surface area contributed by atoms with Crippen molar-refractivity contribution in [2.75, 3.05) is 19.8 Å². The molecule has 0 amide bonds. The van der Waals surface area contributed by atoms with Crippen LogP contribution in [-0.4, -0.2) is 46.7 Å². The summed E-state index contributed by atoms with van der Waals surface area (Å²) >= 11 is 3.50. The van der Waals surface area contributed by atoms with E-state index in [0.717, 1.165) is 35.7 Å². The molecule has 1 N–H and O–H groups in total. The standard InChI is InChI=1S/C20H26BrN3O/c1-14-13-25-11-10-24(14)19-5-3-2-4-17(19)20-22-12-18(23-20)15-6-8-16(21)9-7-15/h6-9,12,14,17,19H,2-5,10-11,13H2,1H3,(H,22,23)/t14-,17+,19+/m1/s1. The average Bonchev–Trinajstić information content (AvgIpc) is 3.13. The summed E-state index contributed by atoms with van der Waals surface area (Å²) < 4.78 is 6.75. The molecule has 1 aliphatic carbocycles. The quantitative estimate of drug-likeness (QED) is 0.814. The number of ether oxygens (including phenoxy) is 1. The average molecular weight is 404 g/mol. The van der Waals surface area contributed by atoms with Gasteiger partial charge in [-0.25, -0.2) is 4.98 Å². The summed E-state index contributed by atoms with van der Waals surface area (Å²) in [6.07, 6.45) is 7.11. The Bertz CT molecular complexity index is 699. The summed E-state index contributed by atoms with van der Waals surface area (Å²) in [6.45, 7) is 5.05. The minimum absolute atomic E-state index is 0.499. The Morgan fingerprint density at radius 1 is 1.20 bits per heavy atom. The van der Waals surface area contributed by atoms with Gasteiger partial charge in [0, 0.05) is 29.0 Å². The zero-order chi connectivity index (χ0) is 17.2. The molecule has 4 nitrogen and oxygen atoms in total. The first-order valence-corrected chi connectivity index (χ1v) is 10.2. The van der Waals surface area contributed by atoms with Gasteiger partial charge in [0.15, 0.2) is 0 Å². The van der Waals surface area contributed by atoms with E-state index in [9.17, 15) is 0 Å². The monoisotopic (exact) mass is 403 g/mol. The van der Waals surface area contributed by atoms with Gasteiger partial charge in [-0.2, -0.15) is 0 Å². The van der Waals surface area contributed by atoms with Gasteiger partial charge in [-0.3, -0.25) is 4.90 Å². The van der Waals surface area contributed by atoms with Crippen LogP contribution in [0, 0.1) is 0 Å². The summed E-state index contributed by atoms with van der Waals surface area (Å²) in [7, 11) is 0. The fraction of sp³-hybridized carbons (Fsp3) is 0.550. The molecule has 1 saturated carbocycles. The summed E-state index contributed by atoms with van der Waals surface area (Å²) in [5.41, 5.74) is 2.30. The number of halogens is 1. The molecule has 25 heavy (non-hydrogen) atoms. The molecule has 1 aromatic carbocycles. The van der Waals surface area contributed by atoms with Crippen molar-refractivity contribution in [3.63, 3.8) is 0 Å². The summed E-state index contributed by atoms with van der Waals surface area (Å²) in [5.74, 6) is 1.65. The van der Waals surface area contributed by atoms with Crippen molar-refractivity contribution in [2.45, 2.75) is 50.6 Å². The SMILES string of the molecule is C[C@@H]1COCCN1[C@H]1CCCC[C@@H]1c1ncc(-c2ccc(Br)cc2)[nH]1. The topological polar surface area (TPSA) is 41.1 Å². The van der Waals surface area contributed by atoms with Crippen molar-refractivity contribution in [3.8, 4) is 11.3 Å². The maximum atomic E-state index is 5.65. The highest BCUT2D eigenvalue weighted by atomic mass is 79.9. The van der Waals surface area contributed by atoms with Crippen LogP contribution in [0.2, 0.25) is 0 Å². The van der Waals surface area contributed by atoms with Crippen LogP contribution in [0.1, 0.15) is 44.3 Å². The Kier molecular flexibility index (Phi) is 5.25. The molecule has 0 spiro atoms. The third kappa shape index (κ3) is 3.69. The van der Waals surface area contributed by atoms with Gasteiger partial charge in [-0.15, -0.1) is 0 Å².